The summed E-state index contributed by atoms with van der Waals surface area (Å²) in [7, 11) is 0. The molecule has 6 heteroatoms. The van der Waals surface area contributed by atoms with Gasteiger partial charge in [-0.05, 0) is 43.3 Å². The molecule has 4 nitrogen and oxygen atoms in total. The van der Waals surface area contributed by atoms with Crippen LogP contribution in [0.15, 0.2) is 42.5 Å². The van der Waals surface area contributed by atoms with Crippen molar-refractivity contribution in [3.8, 4) is 0 Å². The molecule has 2 aromatic carbocycles. The van der Waals surface area contributed by atoms with Gasteiger partial charge in [0.1, 0.15) is 0 Å². The minimum absolute atomic E-state index is 0.120. The van der Waals surface area contributed by atoms with E-state index in [9.17, 15) is 9.59 Å². The summed E-state index contributed by atoms with van der Waals surface area (Å²) in [5, 5.41) is 0.757. The van der Waals surface area contributed by atoms with Gasteiger partial charge in [-0.1, -0.05) is 29.3 Å². The van der Waals surface area contributed by atoms with E-state index in [0.29, 0.717) is 22.8 Å². The first-order valence-corrected chi connectivity index (χ1v) is 7.36. The van der Waals surface area contributed by atoms with Crippen molar-refractivity contribution in [2.75, 3.05) is 11.4 Å². The number of nitrogens with two attached hydrogens (primary N) is 1. The molecule has 0 fully saturated rings. The van der Waals surface area contributed by atoms with E-state index in [4.69, 9.17) is 28.9 Å². The summed E-state index contributed by atoms with van der Waals surface area (Å²) in [5.41, 5.74) is 6.39. The summed E-state index contributed by atoms with van der Waals surface area (Å²) in [6.07, 6.45) is 0. The Labute approximate surface area is 138 Å². The third-order valence-corrected chi connectivity index (χ3v) is 3.72. The minimum atomic E-state index is -0.676. The molecule has 0 aliphatic heterocycles. The van der Waals surface area contributed by atoms with Crippen LogP contribution in [0, 0.1) is 0 Å². The van der Waals surface area contributed by atoms with Crippen LogP contribution in [0.4, 0.5) is 5.69 Å². The zero-order valence-electron chi connectivity index (χ0n) is 11.8. The lowest BCUT2D eigenvalue weighted by molar-refractivity contribution is 0.0988. The maximum Gasteiger partial charge on any atom is 0.258 e. The van der Waals surface area contributed by atoms with Crippen molar-refractivity contribution in [3.05, 3.63) is 63.6 Å². The Bertz CT molecular complexity index is 732. The van der Waals surface area contributed by atoms with E-state index in [1.807, 2.05) is 6.92 Å². The molecule has 0 bridgehead atoms. The lowest BCUT2D eigenvalue weighted by Gasteiger charge is -2.21. The number of hydrogen-bond donors (Lipinski definition) is 1. The predicted molar refractivity (Wildman–Crippen MR) is 88.8 cm³/mol. The van der Waals surface area contributed by atoms with Crippen molar-refractivity contribution in [1.82, 2.24) is 0 Å². The van der Waals surface area contributed by atoms with Crippen LogP contribution in [0.5, 0.6) is 0 Å². The average molecular weight is 337 g/mol. The smallest absolute Gasteiger partial charge is 0.258 e. The Hall–Kier alpha value is -2.04. The van der Waals surface area contributed by atoms with E-state index >= 15 is 0 Å². The van der Waals surface area contributed by atoms with Gasteiger partial charge in [-0.2, -0.15) is 0 Å². The van der Waals surface area contributed by atoms with Gasteiger partial charge in [0.15, 0.2) is 0 Å². The minimum Gasteiger partial charge on any atom is -0.366 e. The first-order chi connectivity index (χ1) is 10.4. The maximum atomic E-state index is 12.7. The van der Waals surface area contributed by atoms with E-state index in [1.54, 1.807) is 35.2 Å². The van der Waals surface area contributed by atoms with Crippen LogP contribution in [-0.2, 0) is 0 Å². The molecule has 0 atom stereocenters. The third kappa shape index (κ3) is 3.40. The number of amides is 2. The molecule has 0 aliphatic rings. The van der Waals surface area contributed by atoms with Crippen molar-refractivity contribution in [2.24, 2.45) is 5.73 Å². The summed E-state index contributed by atoms with van der Waals surface area (Å²) < 4.78 is 0. The molecule has 0 saturated heterocycles. The number of halogens is 2. The maximum absolute atomic E-state index is 12.7. The van der Waals surface area contributed by atoms with E-state index in [1.165, 1.54) is 12.1 Å². The fraction of sp³-hybridized carbons (Fsp3) is 0.125. The number of benzene rings is 2. The fourth-order valence-electron chi connectivity index (χ4n) is 2.09. The molecule has 0 unspecified atom stereocenters. The first kappa shape index (κ1) is 16.3. The van der Waals surface area contributed by atoms with Gasteiger partial charge in [0.25, 0.3) is 5.91 Å². The molecule has 0 aromatic heterocycles. The largest absolute Gasteiger partial charge is 0.366 e. The van der Waals surface area contributed by atoms with Crippen LogP contribution in [0.1, 0.15) is 27.6 Å². The molecule has 0 aliphatic carbocycles. The van der Waals surface area contributed by atoms with Crippen LogP contribution in [0.2, 0.25) is 10.0 Å². The molecule has 0 radical (unpaired) electrons. The molecule has 22 heavy (non-hydrogen) atoms. The summed E-state index contributed by atoms with van der Waals surface area (Å²) >= 11 is 11.9. The van der Waals surface area contributed by atoms with Gasteiger partial charge in [0.2, 0.25) is 5.91 Å². The van der Waals surface area contributed by atoms with E-state index in [2.05, 4.69) is 0 Å². The Morgan fingerprint density at radius 1 is 1.14 bits per heavy atom. The summed E-state index contributed by atoms with van der Waals surface area (Å²) in [6, 6.07) is 11.4. The van der Waals surface area contributed by atoms with Crippen LogP contribution < -0.4 is 10.6 Å². The van der Waals surface area contributed by atoms with Gasteiger partial charge in [-0.3, -0.25) is 9.59 Å². The molecule has 2 aromatic rings. The van der Waals surface area contributed by atoms with E-state index in [-0.39, 0.29) is 16.5 Å². The summed E-state index contributed by atoms with van der Waals surface area (Å²) in [5.74, 6) is -0.936. The lowest BCUT2D eigenvalue weighted by Crippen LogP contribution is -2.30. The van der Waals surface area contributed by atoms with Gasteiger partial charge in [-0.15, -0.1) is 0 Å². The highest BCUT2D eigenvalue weighted by molar-refractivity contribution is 6.34. The molecule has 114 valence electrons. The van der Waals surface area contributed by atoms with Crippen molar-refractivity contribution >= 4 is 40.7 Å². The third-order valence-electron chi connectivity index (χ3n) is 3.16. The lowest BCUT2D eigenvalue weighted by atomic mass is 10.1. The van der Waals surface area contributed by atoms with Gasteiger partial charge in [0.05, 0.1) is 10.6 Å². The van der Waals surface area contributed by atoms with Gasteiger partial charge < -0.3 is 10.6 Å². The SMILES string of the molecule is CCN(C(=O)c1ccc(Cl)c(C(N)=O)c1)c1cccc(Cl)c1. The Balaban J connectivity index is 2.41. The van der Waals surface area contributed by atoms with E-state index < -0.39 is 5.91 Å². The fourth-order valence-corrected chi connectivity index (χ4v) is 2.49. The molecule has 0 saturated carbocycles. The predicted octanol–water partition coefficient (Wildman–Crippen LogP) is 3.76. The second-order valence-electron chi connectivity index (χ2n) is 4.59. The molecule has 2 rings (SSSR count). The van der Waals surface area contributed by atoms with Gasteiger partial charge in [-0.25, -0.2) is 0 Å². The Kier molecular flexibility index (Phi) is 5.06. The topological polar surface area (TPSA) is 63.4 Å². The number of carbonyl (C=O) groups is 2. The van der Waals surface area contributed by atoms with Crippen molar-refractivity contribution in [2.45, 2.75) is 6.92 Å². The van der Waals surface area contributed by atoms with Crippen molar-refractivity contribution in [3.63, 3.8) is 0 Å². The number of hydrogen-bond acceptors (Lipinski definition) is 2. The van der Waals surface area contributed by atoms with Crippen molar-refractivity contribution in [1.29, 1.82) is 0 Å². The number of primary amides is 1. The molecule has 2 N–H and O–H groups in total. The highest BCUT2D eigenvalue weighted by atomic mass is 35.5. The first-order valence-electron chi connectivity index (χ1n) is 6.60. The number of nitrogens with zero attached hydrogens (tertiary/aromatic N) is 1. The van der Waals surface area contributed by atoms with Crippen LogP contribution in [-0.4, -0.2) is 18.4 Å². The molecular formula is C16H14Cl2N2O2. The quantitative estimate of drug-likeness (QED) is 0.923. The zero-order chi connectivity index (χ0) is 16.3. The highest BCUT2D eigenvalue weighted by Crippen LogP contribution is 2.23. The molecule has 0 heterocycles. The highest BCUT2D eigenvalue weighted by Gasteiger charge is 2.18. The summed E-state index contributed by atoms with van der Waals surface area (Å²) in [6.45, 7) is 2.30. The van der Waals surface area contributed by atoms with Crippen LogP contribution in [0.3, 0.4) is 0 Å². The monoisotopic (exact) mass is 336 g/mol. The number of anilines is 1. The Morgan fingerprint density at radius 2 is 1.86 bits per heavy atom. The second kappa shape index (κ2) is 6.81. The summed E-state index contributed by atoms with van der Waals surface area (Å²) in [4.78, 5) is 25.6. The van der Waals surface area contributed by atoms with Gasteiger partial charge in [0, 0.05) is 22.8 Å². The van der Waals surface area contributed by atoms with Gasteiger partial charge >= 0.3 is 0 Å². The zero-order valence-corrected chi connectivity index (χ0v) is 13.4. The van der Waals surface area contributed by atoms with Crippen molar-refractivity contribution < 1.29 is 9.59 Å². The molecular weight excluding hydrogens is 323 g/mol. The normalized spacial score (nSPS) is 10.3. The molecule has 2 amide bonds. The second-order valence-corrected chi connectivity index (χ2v) is 5.43. The number of carbonyl (C=O) groups excluding carboxylic acids is 2. The molecule has 0 spiro atoms. The van der Waals surface area contributed by atoms with Crippen LogP contribution in [0.25, 0.3) is 0 Å². The van der Waals surface area contributed by atoms with E-state index in [0.717, 1.165) is 0 Å². The Morgan fingerprint density at radius 3 is 2.45 bits per heavy atom. The average Bonchev–Trinajstić information content (AvgIpc) is 2.48. The number of rotatable bonds is 4. The van der Waals surface area contributed by atoms with Crippen LogP contribution >= 0.6 is 23.2 Å². The standard InChI is InChI=1S/C16H14Cl2N2O2/c1-2-20(12-5-3-4-11(17)9-12)16(22)10-6-7-14(18)13(8-10)15(19)21/h3-9H,2H2,1H3,(H2,19,21).